The first-order chi connectivity index (χ1) is 8.04. The van der Waals surface area contributed by atoms with Crippen LogP contribution in [0.1, 0.15) is 46.5 Å². The molecule has 0 aliphatic heterocycles. The van der Waals surface area contributed by atoms with Crippen molar-refractivity contribution in [1.29, 1.82) is 0 Å². The van der Waals surface area contributed by atoms with E-state index in [1.54, 1.807) is 0 Å². The molecule has 0 aromatic carbocycles. The number of nitrogens with one attached hydrogen (secondary N) is 1. The molecule has 0 spiro atoms. The zero-order valence-corrected chi connectivity index (χ0v) is 11.3. The van der Waals surface area contributed by atoms with Gasteiger partial charge in [0.15, 0.2) is 0 Å². The molecular formula is C13H26N2O2. The summed E-state index contributed by atoms with van der Waals surface area (Å²) >= 11 is 0. The number of rotatable bonds is 7. The first-order valence-corrected chi connectivity index (χ1v) is 6.77. The van der Waals surface area contributed by atoms with Crippen molar-refractivity contribution in [3.63, 3.8) is 0 Å². The Morgan fingerprint density at radius 2 is 2.00 bits per heavy atom. The lowest BCUT2D eigenvalue weighted by atomic mass is 10.1. The van der Waals surface area contributed by atoms with E-state index in [0.29, 0.717) is 12.6 Å². The number of likely N-dealkylation sites (N-methyl/N-ethyl adjacent to an activating group) is 1. The van der Waals surface area contributed by atoms with Crippen LogP contribution in [-0.2, 0) is 4.79 Å². The van der Waals surface area contributed by atoms with Crippen LogP contribution in [0.2, 0.25) is 0 Å². The van der Waals surface area contributed by atoms with Gasteiger partial charge in [0.05, 0.1) is 0 Å². The van der Waals surface area contributed by atoms with Crippen LogP contribution in [0.3, 0.4) is 0 Å². The number of carbonyl (C=O) groups is 1. The first kappa shape index (κ1) is 14.5. The van der Waals surface area contributed by atoms with Crippen molar-refractivity contribution in [2.75, 3.05) is 13.1 Å². The first-order valence-electron chi connectivity index (χ1n) is 6.77. The van der Waals surface area contributed by atoms with E-state index in [2.05, 4.69) is 17.1 Å². The van der Waals surface area contributed by atoms with E-state index in [0.717, 1.165) is 6.54 Å². The minimum Gasteiger partial charge on any atom is -0.480 e. The van der Waals surface area contributed by atoms with Crippen LogP contribution in [0.5, 0.6) is 0 Å². The second-order valence-electron chi connectivity index (χ2n) is 5.24. The lowest BCUT2D eigenvalue weighted by Crippen LogP contribution is -2.50. The van der Waals surface area contributed by atoms with Gasteiger partial charge in [0.1, 0.15) is 6.04 Å². The van der Waals surface area contributed by atoms with Crippen LogP contribution in [0.15, 0.2) is 0 Å². The molecule has 2 N–H and O–H groups in total. The van der Waals surface area contributed by atoms with E-state index < -0.39 is 12.0 Å². The van der Waals surface area contributed by atoms with Gasteiger partial charge >= 0.3 is 5.97 Å². The summed E-state index contributed by atoms with van der Waals surface area (Å²) in [6.45, 7) is 7.65. The Bertz CT molecular complexity index is 238. The van der Waals surface area contributed by atoms with E-state index in [-0.39, 0.29) is 6.04 Å². The summed E-state index contributed by atoms with van der Waals surface area (Å²) in [5.74, 6) is -0.741. The molecule has 0 heterocycles. The highest BCUT2D eigenvalue weighted by atomic mass is 16.4. The Morgan fingerprint density at radius 1 is 1.41 bits per heavy atom. The summed E-state index contributed by atoms with van der Waals surface area (Å²) in [6.07, 6.45) is 5.02. The van der Waals surface area contributed by atoms with Crippen LogP contribution in [0.25, 0.3) is 0 Å². The molecule has 0 aromatic rings. The van der Waals surface area contributed by atoms with Gasteiger partial charge in [-0.3, -0.25) is 9.69 Å². The van der Waals surface area contributed by atoms with Gasteiger partial charge in [-0.05, 0) is 19.4 Å². The molecule has 0 aromatic heterocycles. The highest BCUT2D eigenvalue weighted by Crippen LogP contribution is 2.23. The second-order valence-corrected chi connectivity index (χ2v) is 5.24. The summed E-state index contributed by atoms with van der Waals surface area (Å²) in [7, 11) is 0. The van der Waals surface area contributed by atoms with Crippen molar-refractivity contribution in [2.45, 2.75) is 64.6 Å². The third-order valence-electron chi connectivity index (χ3n) is 3.50. The fraction of sp³-hybridized carbons (Fsp3) is 0.923. The summed E-state index contributed by atoms with van der Waals surface area (Å²) < 4.78 is 0. The quantitative estimate of drug-likeness (QED) is 0.713. The minimum atomic E-state index is -0.741. The maximum Gasteiger partial charge on any atom is 0.322 e. The van der Waals surface area contributed by atoms with E-state index in [4.69, 9.17) is 0 Å². The fourth-order valence-electron chi connectivity index (χ4n) is 2.64. The van der Waals surface area contributed by atoms with Crippen LogP contribution in [-0.4, -0.2) is 47.2 Å². The number of aliphatic carboxylic acids is 1. The maximum atomic E-state index is 11.2. The minimum absolute atomic E-state index is 0.207. The maximum absolute atomic E-state index is 11.2. The lowest BCUT2D eigenvalue weighted by Gasteiger charge is -2.31. The average Bonchev–Trinajstić information content (AvgIpc) is 2.76. The highest BCUT2D eigenvalue weighted by molar-refractivity contribution is 5.73. The molecule has 1 atom stereocenters. The van der Waals surface area contributed by atoms with Crippen molar-refractivity contribution in [3.8, 4) is 0 Å². The molecule has 1 fully saturated rings. The van der Waals surface area contributed by atoms with Crippen LogP contribution >= 0.6 is 0 Å². The van der Waals surface area contributed by atoms with Crippen molar-refractivity contribution in [3.05, 3.63) is 0 Å². The Balaban J connectivity index is 2.53. The molecule has 1 saturated carbocycles. The van der Waals surface area contributed by atoms with E-state index >= 15 is 0 Å². The van der Waals surface area contributed by atoms with E-state index in [1.807, 2.05) is 13.8 Å². The Morgan fingerprint density at radius 3 is 2.41 bits per heavy atom. The Hall–Kier alpha value is -0.610. The monoisotopic (exact) mass is 242 g/mol. The van der Waals surface area contributed by atoms with Crippen molar-refractivity contribution in [1.82, 2.24) is 10.2 Å². The summed E-state index contributed by atoms with van der Waals surface area (Å²) in [4.78, 5) is 13.5. The molecule has 0 saturated heterocycles. The molecule has 0 radical (unpaired) electrons. The summed E-state index contributed by atoms with van der Waals surface area (Å²) in [6, 6.07) is 0.352. The standard InChI is InChI=1S/C13H26N2O2/c1-4-15(11-7-5-6-8-11)9-12(13(16)17)14-10(2)3/h10-12,14H,4-9H2,1-3H3,(H,16,17). The van der Waals surface area contributed by atoms with Gasteiger partial charge in [-0.2, -0.15) is 0 Å². The van der Waals surface area contributed by atoms with E-state index in [9.17, 15) is 9.90 Å². The largest absolute Gasteiger partial charge is 0.480 e. The van der Waals surface area contributed by atoms with Gasteiger partial charge in [0.2, 0.25) is 0 Å². The summed E-state index contributed by atoms with van der Waals surface area (Å²) in [5, 5.41) is 12.3. The number of hydrogen-bond acceptors (Lipinski definition) is 3. The third-order valence-corrected chi connectivity index (χ3v) is 3.50. The molecule has 4 nitrogen and oxygen atoms in total. The zero-order valence-electron chi connectivity index (χ0n) is 11.3. The topological polar surface area (TPSA) is 52.6 Å². The molecule has 1 unspecified atom stereocenters. The normalized spacial score (nSPS) is 19.1. The average molecular weight is 242 g/mol. The predicted molar refractivity (Wildman–Crippen MR) is 69.2 cm³/mol. The summed E-state index contributed by atoms with van der Waals surface area (Å²) in [5.41, 5.74) is 0. The van der Waals surface area contributed by atoms with Gasteiger partial charge in [-0.25, -0.2) is 0 Å². The van der Waals surface area contributed by atoms with Crippen LogP contribution < -0.4 is 5.32 Å². The third kappa shape index (κ3) is 4.64. The molecule has 100 valence electrons. The lowest BCUT2D eigenvalue weighted by molar-refractivity contribution is -0.140. The molecule has 0 bridgehead atoms. The van der Waals surface area contributed by atoms with Gasteiger partial charge in [-0.15, -0.1) is 0 Å². The molecule has 1 aliphatic rings. The second kappa shape index (κ2) is 6.97. The zero-order chi connectivity index (χ0) is 12.8. The molecule has 4 heteroatoms. The van der Waals surface area contributed by atoms with Crippen molar-refractivity contribution in [2.24, 2.45) is 0 Å². The highest BCUT2D eigenvalue weighted by Gasteiger charge is 2.27. The SMILES string of the molecule is CCN(CC(NC(C)C)C(=O)O)C1CCCC1. The fourth-order valence-corrected chi connectivity index (χ4v) is 2.64. The smallest absolute Gasteiger partial charge is 0.322 e. The molecule has 1 rings (SSSR count). The Labute approximate surface area is 104 Å². The number of carboxylic acids is 1. The molecule has 0 amide bonds. The number of hydrogen-bond donors (Lipinski definition) is 2. The molecule has 1 aliphatic carbocycles. The molecule has 17 heavy (non-hydrogen) atoms. The molecular weight excluding hydrogens is 216 g/mol. The van der Waals surface area contributed by atoms with E-state index in [1.165, 1.54) is 25.7 Å². The van der Waals surface area contributed by atoms with Gasteiger partial charge < -0.3 is 10.4 Å². The van der Waals surface area contributed by atoms with Crippen LogP contribution in [0, 0.1) is 0 Å². The Kier molecular flexibility index (Phi) is 5.92. The predicted octanol–water partition coefficient (Wildman–Crippen LogP) is 1.70. The van der Waals surface area contributed by atoms with Gasteiger partial charge in [0, 0.05) is 18.6 Å². The number of carboxylic acid groups (broad SMARTS) is 1. The van der Waals surface area contributed by atoms with Crippen molar-refractivity contribution >= 4 is 5.97 Å². The van der Waals surface area contributed by atoms with Crippen LogP contribution in [0.4, 0.5) is 0 Å². The number of nitrogens with zero attached hydrogens (tertiary/aromatic N) is 1. The van der Waals surface area contributed by atoms with Gasteiger partial charge in [0.25, 0.3) is 0 Å². The van der Waals surface area contributed by atoms with Gasteiger partial charge in [-0.1, -0.05) is 33.6 Å². The van der Waals surface area contributed by atoms with Crippen molar-refractivity contribution < 1.29 is 9.90 Å².